The smallest absolute Gasteiger partial charge is 0.211 e. The average Bonchev–Trinajstić information content (AvgIpc) is 2.78. The number of piperidine rings is 1. The molecule has 3 atom stereocenters. The molecule has 1 saturated heterocycles. The van der Waals surface area contributed by atoms with Gasteiger partial charge in [0.2, 0.25) is 10.0 Å². The van der Waals surface area contributed by atoms with E-state index in [9.17, 15) is 8.42 Å². The first-order valence-corrected chi connectivity index (χ1v) is 9.87. The third-order valence-electron chi connectivity index (χ3n) is 5.34. The Hall–Kier alpha value is -0.130. The predicted octanol–water partition coefficient (Wildman–Crippen LogP) is 2.12. The second-order valence-corrected chi connectivity index (χ2v) is 8.50. The zero-order chi connectivity index (χ0) is 14.6. The molecule has 2 fully saturated rings. The molecule has 0 amide bonds. The molecule has 5 heteroatoms. The topological polar surface area (TPSA) is 58.2 Å². The number of hydrogen-bond acceptors (Lipinski definition) is 3. The fourth-order valence-electron chi connectivity index (χ4n) is 3.77. The van der Waals surface area contributed by atoms with Crippen molar-refractivity contribution in [1.29, 1.82) is 0 Å². The number of sulfonamides is 1. The summed E-state index contributed by atoms with van der Waals surface area (Å²) < 4.78 is 27.5. The fourth-order valence-corrected chi connectivity index (χ4v) is 5.33. The summed E-state index contributed by atoms with van der Waals surface area (Å²) in [5.74, 6) is 2.05. The molecular weight excluding hydrogens is 272 g/mol. The molecule has 118 valence electrons. The van der Waals surface area contributed by atoms with Gasteiger partial charge in [-0.15, -0.1) is 0 Å². The summed E-state index contributed by atoms with van der Waals surface area (Å²) in [6.07, 6.45) is 6.38. The second-order valence-electron chi connectivity index (χ2n) is 6.63. The van der Waals surface area contributed by atoms with Gasteiger partial charge in [-0.25, -0.2) is 13.1 Å². The van der Waals surface area contributed by atoms with Crippen molar-refractivity contribution >= 4 is 10.0 Å². The zero-order valence-corrected chi connectivity index (χ0v) is 13.7. The predicted molar refractivity (Wildman–Crippen MR) is 83.1 cm³/mol. The van der Waals surface area contributed by atoms with Crippen LogP contribution in [-0.4, -0.2) is 33.3 Å². The lowest BCUT2D eigenvalue weighted by Gasteiger charge is -2.24. The van der Waals surface area contributed by atoms with Crippen LogP contribution in [0.15, 0.2) is 0 Å². The van der Waals surface area contributed by atoms with E-state index in [-0.39, 0.29) is 6.04 Å². The number of hydrogen-bond donors (Lipinski definition) is 2. The van der Waals surface area contributed by atoms with Gasteiger partial charge in [-0.1, -0.05) is 20.3 Å². The third-order valence-corrected chi connectivity index (χ3v) is 6.77. The van der Waals surface area contributed by atoms with Gasteiger partial charge >= 0.3 is 0 Å². The molecule has 0 radical (unpaired) electrons. The van der Waals surface area contributed by atoms with Crippen LogP contribution in [0.3, 0.4) is 0 Å². The number of rotatable bonds is 6. The minimum atomic E-state index is -3.10. The molecule has 2 rings (SSSR count). The summed E-state index contributed by atoms with van der Waals surface area (Å²) in [7, 11) is -3.10. The standard InChI is InChI=1S/C15H30N2O2S/c1-3-14-4-5-15(12(14)2)17-20(18,19)11-8-13-6-9-16-10-7-13/h12-17H,3-11H2,1-2H3. The van der Waals surface area contributed by atoms with E-state index in [4.69, 9.17) is 0 Å². The Morgan fingerprint density at radius 1 is 1.15 bits per heavy atom. The lowest BCUT2D eigenvalue weighted by atomic mass is 9.94. The van der Waals surface area contributed by atoms with Crippen molar-refractivity contribution in [2.45, 2.75) is 58.4 Å². The monoisotopic (exact) mass is 302 g/mol. The summed E-state index contributed by atoms with van der Waals surface area (Å²) in [5, 5.41) is 3.32. The van der Waals surface area contributed by atoms with Crippen LogP contribution in [-0.2, 0) is 10.0 Å². The Balaban J connectivity index is 1.78. The van der Waals surface area contributed by atoms with Crippen molar-refractivity contribution in [3.63, 3.8) is 0 Å². The van der Waals surface area contributed by atoms with Gasteiger partial charge in [-0.05, 0) is 62.9 Å². The van der Waals surface area contributed by atoms with Gasteiger partial charge in [-0.2, -0.15) is 0 Å². The molecule has 0 spiro atoms. The highest BCUT2D eigenvalue weighted by atomic mass is 32.2. The summed E-state index contributed by atoms with van der Waals surface area (Å²) in [6, 6.07) is 0.165. The van der Waals surface area contributed by atoms with Crippen LogP contribution in [0, 0.1) is 17.8 Å². The average molecular weight is 302 g/mol. The molecule has 3 unspecified atom stereocenters. The van der Waals surface area contributed by atoms with E-state index in [1.165, 1.54) is 6.42 Å². The molecule has 2 aliphatic rings. The molecule has 20 heavy (non-hydrogen) atoms. The molecule has 1 saturated carbocycles. The Morgan fingerprint density at radius 3 is 2.45 bits per heavy atom. The van der Waals surface area contributed by atoms with Gasteiger partial charge < -0.3 is 5.32 Å². The van der Waals surface area contributed by atoms with Gasteiger partial charge in [-0.3, -0.25) is 0 Å². The van der Waals surface area contributed by atoms with E-state index in [0.717, 1.165) is 45.2 Å². The lowest BCUT2D eigenvalue weighted by molar-refractivity contribution is 0.359. The summed E-state index contributed by atoms with van der Waals surface area (Å²) in [6.45, 7) is 6.47. The van der Waals surface area contributed by atoms with Gasteiger partial charge in [0.15, 0.2) is 0 Å². The molecule has 0 aromatic rings. The summed E-state index contributed by atoms with van der Waals surface area (Å²) in [4.78, 5) is 0. The Bertz CT molecular complexity index is 391. The van der Waals surface area contributed by atoms with Crippen LogP contribution < -0.4 is 10.0 Å². The Labute approximate surface area is 124 Å². The van der Waals surface area contributed by atoms with Crippen molar-refractivity contribution in [3.8, 4) is 0 Å². The van der Waals surface area contributed by atoms with Crippen molar-refractivity contribution in [1.82, 2.24) is 10.0 Å². The van der Waals surface area contributed by atoms with Crippen LogP contribution in [0.1, 0.15) is 52.4 Å². The zero-order valence-electron chi connectivity index (χ0n) is 12.9. The van der Waals surface area contributed by atoms with E-state index in [1.54, 1.807) is 0 Å². The summed E-state index contributed by atoms with van der Waals surface area (Å²) >= 11 is 0. The van der Waals surface area contributed by atoms with Crippen LogP contribution in [0.5, 0.6) is 0 Å². The minimum Gasteiger partial charge on any atom is -0.317 e. The van der Waals surface area contributed by atoms with Crippen molar-refractivity contribution < 1.29 is 8.42 Å². The largest absolute Gasteiger partial charge is 0.317 e. The van der Waals surface area contributed by atoms with E-state index in [0.29, 0.717) is 23.5 Å². The first-order valence-electron chi connectivity index (χ1n) is 8.22. The van der Waals surface area contributed by atoms with Gasteiger partial charge in [0.05, 0.1) is 5.75 Å². The van der Waals surface area contributed by atoms with Crippen molar-refractivity contribution in [2.24, 2.45) is 17.8 Å². The third kappa shape index (κ3) is 4.43. The maximum atomic E-state index is 12.2. The van der Waals surface area contributed by atoms with E-state index >= 15 is 0 Å². The van der Waals surface area contributed by atoms with Gasteiger partial charge in [0.1, 0.15) is 0 Å². The molecule has 0 aromatic carbocycles. The van der Waals surface area contributed by atoms with E-state index in [2.05, 4.69) is 23.9 Å². The first-order chi connectivity index (χ1) is 9.52. The van der Waals surface area contributed by atoms with Gasteiger partial charge in [0.25, 0.3) is 0 Å². The van der Waals surface area contributed by atoms with E-state index in [1.807, 2.05) is 0 Å². The highest BCUT2D eigenvalue weighted by molar-refractivity contribution is 7.89. The summed E-state index contributed by atoms with van der Waals surface area (Å²) in [5.41, 5.74) is 0. The molecule has 2 N–H and O–H groups in total. The molecule has 1 aliphatic heterocycles. The second kappa shape index (κ2) is 7.23. The normalized spacial score (nSPS) is 32.6. The molecule has 0 aromatic heterocycles. The highest BCUT2D eigenvalue weighted by Crippen LogP contribution is 2.34. The molecule has 0 bridgehead atoms. The fraction of sp³-hybridized carbons (Fsp3) is 1.00. The SMILES string of the molecule is CCC1CCC(NS(=O)(=O)CCC2CCNCC2)C1C. The number of nitrogens with one attached hydrogen (secondary N) is 2. The van der Waals surface area contributed by atoms with Gasteiger partial charge in [0, 0.05) is 6.04 Å². The molecular formula is C15H30N2O2S. The van der Waals surface area contributed by atoms with Crippen LogP contribution in [0.4, 0.5) is 0 Å². The van der Waals surface area contributed by atoms with E-state index < -0.39 is 10.0 Å². The maximum absolute atomic E-state index is 12.2. The van der Waals surface area contributed by atoms with Crippen LogP contribution >= 0.6 is 0 Å². The molecule has 4 nitrogen and oxygen atoms in total. The van der Waals surface area contributed by atoms with Crippen molar-refractivity contribution in [2.75, 3.05) is 18.8 Å². The van der Waals surface area contributed by atoms with Crippen LogP contribution in [0.2, 0.25) is 0 Å². The Kier molecular flexibility index (Phi) is 5.87. The quantitative estimate of drug-likeness (QED) is 0.790. The Morgan fingerprint density at radius 2 is 1.85 bits per heavy atom. The molecule has 1 heterocycles. The van der Waals surface area contributed by atoms with Crippen LogP contribution in [0.25, 0.3) is 0 Å². The minimum absolute atomic E-state index is 0.165. The lowest BCUT2D eigenvalue weighted by Crippen LogP contribution is -2.39. The first kappa shape index (κ1) is 16.2. The molecule has 1 aliphatic carbocycles. The highest BCUT2D eigenvalue weighted by Gasteiger charge is 2.34. The van der Waals surface area contributed by atoms with Crippen molar-refractivity contribution in [3.05, 3.63) is 0 Å². The maximum Gasteiger partial charge on any atom is 0.211 e.